The molecule has 1 amide bonds. The fraction of sp³-hybridized carbons (Fsp3) is 0.600. The van der Waals surface area contributed by atoms with Crippen molar-refractivity contribution in [2.24, 2.45) is 7.05 Å². The first-order valence-corrected chi connectivity index (χ1v) is 4.86. The maximum Gasteiger partial charge on any atom is 0.271 e. The van der Waals surface area contributed by atoms with E-state index in [9.17, 15) is 9.90 Å². The van der Waals surface area contributed by atoms with Crippen LogP contribution in [-0.4, -0.2) is 45.4 Å². The fourth-order valence-electron chi connectivity index (χ4n) is 1.49. The summed E-state index contributed by atoms with van der Waals surface area (Å²) in [6.07, 6.45) is -0.520. The van der Waals surface area contributed by atoms with E-state index in [-0.39, 0.29) is 5.91 Å². The molecule has 1 heterocycles. The second-order valence-electron chi connectivity index (χ2n) is 3.83. The molecule has 5 heteroatoms. The predicted octanol–water partition coefficient (Wildman–Crippen LogP) is 0.181. The first kappa shape index (κ1) is 11.7. The standard InChI is InChI=1S/C10H17N3O2/c1-7-5-9(13(4)11-7)10(15)12(3)6-8(2)14/h5,8,14H,6H2,1-4H3. The Morgan fingerprint density at radius 2 is 2.33 bits per heavy atom. The van der Waals surface area contributed by atoms with E-state index in [1.807, 2.05) is 6.92 Å². The lowest BCUT2D eigenvalue weighted by Crippen LogP contribution is -2.34. The van der Waals surface area contributed by atoms with Gasteiger partial charge in [0.15, 0.2) is 0 Å². The molecule has 1 rings (SSSR count). The van der Waals surface area contributed by atoms with Crippen LogP contribution >= 0.6 is 0 Å². The molecule has 0 saturated heterocycles. The zero-order valence-corrected chi connectivity index (χ0v) is 9.56. The van der Waals surface area contributed by atoms with E-state index in [0.29, 0.717) is 12.2 Å². The number of carbonyl (C=O) groups is 1. The van der Waals surface area contributed by atoms with E-state index in [4.69, 9.17) is 0 Å². The second kappa shape index (κ2) is 4.44. The SMILES string of the molecule is Cc1cc(C(=O)N(C)CC(C)O)n(C)n1. The molecule has 0 aliphatic carbocycles. The number of aliphatic hydroxyl groups excluding tert-OH is 1. The molecule has 0 aromatic carbocycles. The Hall–Kier alpha value is -1.36. The van der Waals surface area contributed by atoms with Gasteiger partial charge >= 0.3 is 0 Å². The van der Waals surface area contributed by atoms with E-state index in [2.05, 4.69) is 5.10 Å². The smallest absolute Gasteiger partial charge is 0.271 e. The summed E-state index contributed by atoms with van der Waals surface area (Å²) in [7, 11) is 3.40. The normalized spacial score (nSPS) is 12.6. The van der Waals surface area contributed by atoms with Crippen LogP contribution in [0.4, 0.5) is 0 Å². The lowest BCUT2D eigenvalue weighted by atomic mass is 10.3. The van der Waals surface area contributed by atoms with Crippen LogP contribution in [0.15, 0.2) is 6.07 Å². The van der Waals surface area contributed by atoms with Crippen LogP contribution in [0.1, 0.15) is 23.1 Å². The quantitative estimate of drug-likeness (QED) is 0.776. The van der Waals surface area contributed by atoms with Gasteiger partial charge in [0.2, 0.25) is 0 Å². The molecule has 0 spiro atoms. The summed E-state index contributed by atoms with van der Waals surface area (Å²) in [6.45, 7) is 3.81. The van der Waals surface area contributed by atoms with Gasteiger partial charge in [-0.15, -0.1) is 0 Å². The molecule has 0 fully saturated rings. The number of likely N-dealkylation sites (N-methyl/N-ethyl adjacent to an activating group) is 1. The number of aromatic nitrogens is 2. The van der Waals surface area contributed by atoms with Crippen molar-refractivity contribution in [3.63, 3.8) is 0 Å². The van der Waals surface area contributed by atoms with Crippen molar-refractivity contribution in [2.45, 2.75) is 20.0 Å². The number of amides is 1. The molecule has 0 aliphatic heterocycles. The van der Waals surface area contributed by atoms with Crippen LogP contribution in [0, 0.1) is 6.92 Å². The molecule has 0 radical (unpaired) electrons. The van der Waals surface area contributed by atoms with Crippen LogP contribution < -0.4 is 0 Å². The third-order valence-corrected chi connectivity index (χ3v) is 2.11. The molecule has 1 aromatic heterocycles. The van der Waals surface area contributed by atoms with Gasteiger partial charge in [-0.3, -0.25) is 9.48 Å². The molecule has 84 valence electrons. The van der Waals surface area contributed by atoms with Gasteiger partial charge in [0.05, 0.1) is 11.8 Å². The van der Waals surface area contributed by atoms with Crippen molar-refractivity contribution >= 4 is 5.91 Å². The summed E-state index contributed by atoms with van der Waals surface area (Å²) < 4.78 is 1.55. The minimum Gasteiger partial charge on any atom is -0.392 e. The Balaban J connectivity index is 2.80. The van der Waals surface area contributed by atoms with Crippen LogP contribution in [0.2, 0.25) is 0 Å². The van der Waals surface area contributed by atoms with E-state index >= 15 is 0 Å². The highest BCUT2D eigenvalue weighted by Gasteiger charge is 2.17. The van der Waals surface area contributed by atoms with Gasteiger partial charge in [-0.1, -0.05) is 0 Å². The minimum atomic E-state index is -0.520. The Kier molecular flexibility index (Phi) is 3.47. The third-order valence-electron chi connectivity index (χ3n) is 2.11. The van der Waals surface area contributed by atoms with Crippen molar-refractivity contribution < 1.29 is 9.90 Å². The van der Waals surface area contributed by atoms with Gasteiger partial charge in [0.1, 0.15) is 5.69 Å². The number of aliphatic hydroxyl groups is 1. The van der Waals surface area contributed by atoms with Crippen LogP contribution in [0.25, 0.3) is 0 Å². The average molecular weight is 211 g/mol. The third kappa shape index (κ3) is 2.79. The van der Waals surface area contributed by atoms with Crippen LogP contribution in [0.3, 0.4) is 0 Å². The monoisotopic (exact) mass is 211 g/mol. The Morgan fingerprint density at radius 1 is 1.73 bits per heavy atom. The number of hydrogen-bond acceptors (Lipinski definition) is 3. The zero-order valence-electron chi connectivity index (χ0n) is 9.56. The number of rotatable bonds is 3. The van der Waals surface area contributed by atoms with Crippen molar-refractivity contribution in [3.8, 4) is 0 Å². The highest BCUT2D eigenvalue weighted by Crippen LogP contribution is 2.05. The predicted molar refractivity (Wildman–Crippen MR) is 56.6 cm³/mol. The molecule has 15 heavy (non-hydrogen) atoms. The maximum absolute atomic E-state index is 11.9. The zero-order chi connectivity index (χ0) is 11.6. The van der Waals surface area contributed by atoms with Gasteiger partial charge < -0.3 is 10.0 Å². The van der Waals surface area contributed by atoms with E-state index in [0.717, 1.165) is 5.69 Å². The largest absolute Gasteiger partial charge is 0.392 e. The molecule has 0 saturated carbocycles. The van der Waals surface area contributed by atoms with E-state index in [1.54, 1.807) is 31.8 Å². The minimum absolute atomic E-state index is 0.126. The Morgan fingerprint density at radius 3 is 2.73 bits per heavy atom. The van der Waals surface area contributed by atoms with Gasteiger partial charge in [0, 0.05) is 20.6 Å². The van der Waals surface area contributed by atoms with Crippen molar-refractivity contribution in [3.05, 3.63) is 17.5 Å². The van der Waals surface area contributed by atoms with Gasteiger partial charge in [0.25, 0.3) is 5.91 Å². The summed E-state index contributed by atoms with van der Waals surface area (Å²) in [5.41, 5.74) is 1.35. The molecule has 5 nitrogen and oxygen atoms in total. The maximum atomic E-state index is 11.9. The first-order valence-electron chi connectivity index (χ1n) is 4.86. The van der Waals surface area contributed by atoms with Gasteiger partial charge in [-0.25, -0.2) is 0 Å². The number of carbonyl (C=O) groups excluding carboxylic acids is 1. The Bertz CT molecular complexity index is 358. The molecule has 1 atom stereocenters. The number of aryl methyl sites for hydroxylation is 2. The highest BCUT2D eigenvalue weighted by atomic mass is 16.3. The summed E-state index contributed by atoms with van der Waals surface area (Å²) in [5.74, 6) is -0.126. The molecule has 1 unspecified atom stereocenters. The molecule has 0 aliphatic rings. The van der Waals surface area contributed by atoms with E-state index < -0.39 is 6.10 Å². The van der Waals surface area contributed by atoms with Crippen molar-refractivity contribution in [2.75, 3.05) is 13.6 Å². The second-order valence-corrected chi connectivity index (χ2v) is 3.83. The highest BCUT2D eigenvalue weighted by molar-refractivity contribution is 5.92. The summed E-state index contributed by atoms with van der Waals surface area (Å²) >= 11 is 0. The Labute approximate surface area is 89.3 Å². The van der Waals surface area contributed by atoms with Crippen LogP contribution in [0.5, 0.6) is 0 Å². The molecular weight excluding hydrogens is 194 g/mol. The number of hydrogen-bond donors (Lipinski definition) is 1. The lowest BCUT2D eigenvalue weighted by molar-refractivity contribution is 0.0693. The van der Waals surface area contributed by atoms with Crippen molar-refractivity contribution in [1.29, 1.82) is 0 Å². The summed E-state index contributed by atoms with van der Waals surface area (Å²) in [4.78, 5) is 13.4. The molecular formula is C10H17N3O2. The molecule has 1 N–H and O–H groups in total. The fourth-order valence-corrected chi connectivity index (χ4v) is 1.49. The van der Waals surface area contributed by atoms with Gasteiger partial charge in [-0.2, -0.15) is 5.10 Å². The summed E-state index contributed by atoms with van der Waals surface area (Å²) in [5, 5.41) is 13.3. The molecule has 1 aromatic rings. The average Bonchev–Trinajstić information content (AvgIpc) is 2.42. The van der Waals surface area contributed by atoms with Crippen LogP contribution in [-0.2, 0) is 7.05 Å². The first-order chi connectivity index (χ1) is 6.91. The van der Waals surface area contributed by atoms with Gasteiger partial charge in [-0.05, 0) is 19.9 Å². The van der Waals surface area contributed by atoms with Crippen molar-refractivity contribution in [1.82, 2.24) is 14.7 Å². The molecule has 0 bridgehead atoms. The topological polar surface area (TPSA) is 58.4 Å². The summed E-state index contributed by atoms with van der Waals surface area (Å²) in [6, 6.07) is 1.74. The number of nitrogens with zero attached hydrogens (tertiary/aromatic N) is 3. The van der Waals surface area contributed by atoms with E-state index in [1.165, 1.54) is 4.90 Å². The lowest BCUT2D eigenvalue weighted by Gasteiger charge is -2.18.